The van der Waals surface area contributed by atoms with Crippen molar-refractivity contribution in [1.82, 2.24) is 59.8 Å². The molecule has 0 aliphatic heterocycles. The van der Waals surface area contributed by atoms with Crippen LogP contribution in [0.3, 0.4) is 0 Å². The monoisotopic (exact) mass is 2080 g/mol. The summed E-state index contributed by atoms with van der Waals surface area (Å²) in [6, 6.07) is 75.3. The first-order valence-corrected chi connectivity index (χ1v) is 27.0. The summed E-state index contributed by atoms with van der Waals surface area (Å²) < 4.78 is 8.29. The van der Waals surface area contributed by atoms with Crippen LogP contribution in [0.2, 0.25) is 0 Å². The molecule has 89 heavy (non-hydrogen) atoms. The van der Waals surface area contributed by atoms with E-state index in [0.717, 1.165) is 90.1 Å². The maximum atomic E-state index is 11.5. The number of nitrogens with zero attached hydrogens (tertiary/aromatic N) is 13. The van der Waals surface area contributed by atoms with E-state index >= 15 is 0 Å². The van der Waals surface area contributed by atoms with Gasteiger partial charge in [-0.15, -0.1) is 15.5 Å². The van der Waals surface area contributed by atoms with Gasteiger partial charge in [0.2, 0.25) is 0 Å². The maximum absolute atomic E-state index is 11.5. The van der Waals surface area contributed by atoms with E-state index in [4.69, 9.17) is 19.2 Å². The Bertz CT molecular complexity index is 4010. The molecule has 457 valence electrons. The third-order valence-corrected chi connectivity index (χ3v) is 12.5. The molecule has 0 aliphatic carbocycles. The number of aromatic nitrogens is 12. The summed E-state index contributed by atoms with van der Waals surface area (Å²) in [5.74, 6) is 2.12. The van der Waals surface area contributed by atoms with Gasteiger partial charge in [0, 0.05) is 137 Å². The van der Waals surface area contributed by atoms with Crippen molar-refractivity contribution in [3.8, 4) is 74.2 Å². The van der Waals surface area contributed by atoms with Crippen LogP contribution in [0.1, 0.15) is 21.9 Å². The second kappa shape index (κ2) is 37.8. The van der Waals surface area contributed by atoms with Crippen molar-refractivity contribution in [3.05, 3.63) is 289 Å². The molecule has 5 radical (unpaired) electrons. The largest absolute Gasteiger partial charge is 0.656 e. The summed E-state index contributed by atoms with van der Waals surface area (Å²) in [6.07, 6.45) is 8.56. The van der Waals surface area contributed by atoms with Gasteiger partial charge in [-0.05, 0) is 155 Å². The Morgan fingerprint density at radius 1 is 0.427 bits per heavy atom. The maximum Gasteiger partial charge on any atom is 0.166 e. The molecule has 14 rings (SSSR count). The quantitative estimate of drug-likeness (QED) is 0.0388. The number of hydrogen-bond donors (Lipinski definition) is 0. The Morgan fingerprint density at radius 3 is 1.42 bits per heavy atom. The van der Waals surface area contributed by atoms with Gasteiger partial charge in [-0.2, -0.15) is 0 Å². The van der Waals surface area contributed by atoms with E-state index in [1.54, 1.807) is 67.3 Å². The molecule has 9 aromatic heterocycles. The molecule has 0 atom stereocenters. The number of carbonyl (C=O) groups is 1. The van der Waals surface area contributed by atoms with Crippen molar-refractivity contribution in [2.24, 2.45) is 0 Å². The predicted molar refractivity (Wildman–Crippen MR) is 328 cm³/mol. The minimum atomic E-state index is -0.475. The zero-order valence-corrected chi connectivity index (χ0v) is 59.8. The van der Waals surface area contributed by atoms with Gasteiger partial charge in [0.05, 0.1) is 22.8 Å². The van der Waals surface area contributed by atoms with Gasteiger partial charge >= 0.3 is 0 Å². The minimum Gasteiger partial charge on any atom is -0.656 e. The van der Waals surface area contributed by atoms with Crippen LogP contribution in [0, 0.1) is 13.8 Å². The van der Waals surface area contributed by atoms with Crippen LogP contribution in [0.5, 0.6) is 5.75 Å². The second-order valence-electron chi connectivity index (χ2n) is 17.9. The van der Waals surface area contributed by atoms with Crippen LogP contribution in [0.15, 0.2) is 268 Å². The minimum absolute atomic E-state index is 0. The van der Waals surface area contributed by atoms with E-state index in [1.807, 2.05) is 172 Å². The molecule has 0 aliphatic rings. The van der Waals surface area contributed by atoms with E-state index in [1.165, 1.54) is 6.20 Å². The summed E-state index contributed by atoms with van der Waals surface area (Å²) in [7, 11) is 0. The van der Waals surface area contributed by atoms with E-state index in [9.17, 15) is 4.79 Å². The topological polar surface area (TPSA) is 209 Å². The number of hydrogen-bond acceptors (Lipinski definition) is 12. The van der Waals surface area contributed by atoms with Gasteiger partial charge in [0.1, 0.15) is 5.91 Å². The van der Waals surface area contributed by atoms with Crippen molar-refractivity contribution in [3.63, 3.8) is 0 Å². The third kappa shape index (κ3) is 20.8. The molecule has 0 fully saturated rings. The molecule has 14 aromatic rings. The number of amides is 1. The number of aryl methyl sites for hydroxylation is 2. The molecular formula is C67H50Ir5N13O3S-5. The van der Waals surface area contributed by atoms with E-state index in [2.05, 4.69) is 91.0 Å². The van der Waals surface area contributed by atoms with E-state index < -0.39 is 5.91 Å². The molecule has 16 nitrogen and oxygen atoms in total. The van der Waals surface area contributed by atoms with Crippen LogP contribution >= 0.6 is 12.2 Å². The van der Waals surface area contributed by atoms with Crippen molar-refractivity contribution in [1.29, 1.82) is 0 Å². The number of carbonyl (C=O) groups excluding carboxylic acids is 1. The Kier molecular flexibility index (Phi) is 30.5. The van der Waals surface area contributed by atoms with Crippen LogP contribution in [-0.2, 0) is 105 Å². The summed E-state index contributed by atoms with van der Waals surface area (Å²) in [6.45, 7) is 3.91. The summed E-state index contributed by atoms with van der Waals surface area (Å²) in [5, 5.41) is 1.16. The normalized spacial score (nSPS) is 9.82. The average Bonchev–Trinajstić information content (AvgIpc) is 2.16. The number of rotatable bonds is 11. The first kappa shape index (κ1) is 71.9. The fourth-order valence-corrected chi connectivity index (χ4v) is 8.26. The molecule has 0 saturated carbocycles. The zero-order valence-electron chi connectivity index (χ0n) is 47.0. The molecular weight excluding hydrogens is 2030 g/mol. The summed E-state index contributed by atoms with van der Waals surface area (Å²) in [4.78, 5) is 68.7. The molecule has 5 aromatic carbocycles. The predicted octanol–water partition coefficient (Wildman–Crippen LogP) is 14.4. The molecule has 9 heterocycles. The standard InChI is InChI=1S/C20H14N3.C13H9N2.C12H8N3.C12H10N2O3S.C10H10N3.5Ir/c1-3-9-15(10-4-1)18-19(16-11-5-2-6-12-16)23-20(22-18)17-13-7-8-14-21-17;1-2-6-11-10(5-1)9-13(15-11)12-7-3-4-8-14-12;1-2-6-10-9(5-1)14-12(15-10)11-7-3-4-8-13-11;15-12(11-8-4-5-9-13-11)14-18-17-16-10-6-2-1-3-7-10;1-7-8(2)13-10(12-7)9-5-3-4-6-11-9;;;;;/h1-14H;1-9H;1-8H;1-9H,(H,14,15);3-6H,1-2H3;;;;;/q3*-1;;-1;;;;;/p-1. The number of imidazole rings is 3. The molecule has 0 spiro atoms. The Labute approximate surface area is 586 Å². The second-order valence-corrected chi connectivity index (χ2v) is 18.4. The molecule has 1 amide bonds. The number of fused-ring (bicyclic) bond motifs is 2. The van der Waals surface area contributed by atoms with Crippen LogP contribution in [0.4, 0.5) is 0 Å². The van der Waals surface area contributed by atoms with Crippen molar-refractivity contribution in [2.75, 3.05) is 0 Å². The Hall–Kier alpha value is -7.89. The van der Waals surface area contributed by atoms with Crippen LogP contribution in [-0.4, -0.2) is 45.8 Å². The summed E-state index contributed by atoms with van der Waals surface area (Å²) >= 11 is 0.564. The molecule has 0 unspecified atom stereocenters. The summed E-state index contributed by atoms with van der Waals surface area (Å²) in [5.41, 5.74) is 13.2. The van der Waals surface area contributed by atoms with E-state index in [0.29, 0.717) is 29.6 Å². The zero-order chi connectivity index (χ0) is 57.6. The molecule has 0 bridgehead atoms. The van der Waals surface area contributed by atoms with Crippen LogP contribution < -0.4 is 24.8 Å². The average molecular weight is 2080 g/mol. The van der Waals surface area contributed by atoms with Gasteiger partial charge in [-0.1, -0.05) is 175 Å². The molecule has 0 N–H and O–H groups in total. The Balaban J connectivity index is 0.000000202. The molecule has 22 heteroatoms. The smallest absolute Gasteiger partial charge is 0.166 e. The first-order chi connectivity index (χ1) is 41.4. The van der Waals surface area contributed by atoms with Gasteiger partial charge in [0.25, 0.3) is 0 Å². The Morgan fingerprint density at radius 2 is 0.899 bits per heavy atom. The molecule has 0 saturated heterocycles. The van der Waals surface area contributed by atoms with Gasteiger partial charge in [0.15, 0.2) is 5.75 Å². The fourth-order valence-electron chi connectivity index (χ4n) is 7.96. The van der Waals surface area contributed by atoms with Crippen molar-refractivity contribution >= 4 is 40.1 Å². The SMILES string of the molecule is Cc1nc(-c2ccccn2)[n-]c1C.O=C([N-]SOOc1ccccc1)c1ccccn1.[Ir].[Ir].[Ir].[Ir].[Ir].c1ccc(-c2cc3ccccc3[n-]2)nc1.c1ccc(-c2nc(-c3ccccn3)[n-]c2-c2ccccc2)cc1.c1ccc(-c2nc3ccccc3[n-]2)nc1. The van der Waals surface area contributed by atoms with Gasteiger partial charge in [-0.25, -0.2) is 0 Å². The number of para-hydroxylation sites is 4. The third-order valence-electron chi connectivity index (χ3n) is 12.1. The van der Waals surface area contributed by atoms with Crippen LogP contribution in [0.25, 0.3) is 95.1 Å². The van der Waals surface area contributed by atoms with E-state index in [-0.39, 0.29) is 106 Å². The number of benzene rings is 5. The van der Waals surface area contributed by atoms with Crippen molar-refractivity contribution < 1.29 is 115 Å². The van der Waals surface area contributed by atoms with Gasteiger partial charge < -0.3 is 49.3 Å². The first-order valence-electron chi connectivity index (χ1n) is 26.3. The number of pyridine rings is 5. The van der Waals surface area contributed by atoms with Gasteiger partial charge in [-0.3, -0.25) is 24.9 Å². The fraction of sp³-hybridized carbons (Fsp3) is 0.0299. The van der Waals surface area contributed by atoms with Crippen molar-refractivity contribution in [2.45, 2.75) is 13.8 Å².